The van der Waals surface area contributed by atoms with Crippen LogP contribution in [0.2, 0.25) is 0 Å². The Labute approximate surface area is 178 Å². The van der Waals surface area contributed by atoms with Crippen molar-refractivity contribution in [2.45, 2.75) is 18.8 Å². The number of para-hydroxylation sites is 1. The zero-order valence-electron chi connectivity index (χ0n) is 17.0. The van der Waals surface area contributed by atoms with Gasteiger partial charge in [0.05, 0.1) is 12.3 Å². The first-order valence-corrected chi connectivity index (χ1v) is 10.3. The molecule has 5 nitrogen and oxygen atoms in total. The number of likely N-dealkylation sites (tertiary alicyclic amines) is 1. The molecule has 1 N–H and O–H groups in total. The number of nitrogens with zero attached hydrogens (tertiary/aromatic N) is 2. The van der Waals surface area contributed by atoms with Gasteiger partial charge in [0.1, 0.15) is 12.4 Å². The van der Waals surface area contributed by atoms with E-state index in [0.717, 1.165) is 49.6 Å². The number of hydrogen-bond acceptors (Lipinski definition) is 4. The Hall–Kier alpha value is -3.00. The Morgan fingerprint density at radius 2 is 1.84 bits per heavy atom. The minimum Gasteiger partial charge on any atom is -0.493 e. The van der Waals surface area contributed by atoms with Crippen LogP contribution >= 0.6 is 0 Å². The molecule has 8 heteroatoms. The van der Waals surface area contributed by atoms with Crippen molar-refractivity contribution in [1.82, 2.24) is 15.1 Å². The Kier molecular flexibility index (Phi) is 6.76. The van der Waals surface area contributed by atoms with Gasteiger partial charge in [0, 0.05) is 37.2 Å². The summed E-state index contributed by atoms with van der Waals surface area (Å²) in [5.41, 5.74) is 1.93. The third-order valence-electron chi connectivity index (χ3n) is 5.37. The fourth-order valence-corrected chi connectivity index (χ4v) is 3.69. The van der Waals surface area contributed by atoms with Crippen molar-refractivity contribution >= 4 is 0 Å². The van der Waals surface area contributed by atoms with Crippen molar-refractivity contribution in [3.8, 4) is 11.5 Å². The molecule has 0 saturated carbocycles. The van der Waals surface area contributed by atoms with Gasteiger partial charge in [0.15, 0.2) is 23.2 Å². The van der Waals surface area contributed by atoms with Crippen LogP contribution in [0.5, 0.6) is 11.5 Å². The smallest absolute Gasteiger partial charge is 0.165 e. The van der Waals surface area contributed by atoms with Crippen LogP contribution in [0.3, 0.4) is 0 Å². The molecule has 1 aliphatic rings. The predicted octanol–water partition coefficient (Wildman–Crippen LogP) is 4.32. The lowest BCUT2D eigenvalue weighted by molar-refractivity contribution is 0.229. The molecule has 1 fully saturated rings. The quantitative estimate of drug-likeness (QED) is 0.548. The number of aromatic nitrogens is 2. The second-order valence-electron chi connectivity index (χ2n) is 7.56. The number of hydrogen-bond donors (Lipinski definition) is 1. The van der Waals surface area contributed by atoms with E-state index in [1.165, 1.54) is 12.1 Å². The summed E-state index contributed by atoms with van der Waals surface area (Å²) in [5, 5.41) is 7.45. The zero-order valence-corrected chi connectivity index (χ0v) is 17.0. The molecule has 1 aliphatic heterocycles. The predicted molar refractivity (Wildman–Crippen MR) is 110 cm³/mol. The van der Waals surface area contributed by atoms with Gasteiger partial charge in [-0.25, -0.2) is 13.2 Å². The van der Waals surface area contributed by atoms with Crippen LogP contribution in [0.4, 0.5) is 13.2 Å². The Bertz CT molecular complexity index is 1010. The molecule has 31 heavy (non-hydrogen) atoms. The van der Waals surface area contributed by atoms with E-state index in [1.54, 1.807) is 18.2 Å². The van der Waals surface area contributed by atoms with E-state index in [1.807, 2.05) is 6.07 Å². The molecule has 3 aromatic rings. The maximum absolute atomic E-state index is 13.6. The lowest BCUT2D eigenvalue weighted by atomic mass is 10.0. The number of halogens is 3. The molecule has 1 aromatic heterocycles. The standard InChI is InChI=1S/C23H24F3N3O2/c24-19-6-5-18(14-21(19)26)30-11-8-17-13-22(28-27-17)16-7-9-29(15-16)10-12-31-23-4-2-1-3-20(23)25/h1-6,13-14,16H,7-12,15H2,(H,27,28)/t16-/m0/s1. The summed E-state index contributed by atoms with van der Waals surface area (Å²) in [7, 11) is 0. The normalized spacial score (nSPS) is 16.5. The summed E-state index contributed by atoms with van der Waals surface area (Å²) >= 11 is 0. The molecule has 2 aromatic carbocycles. The Morgan fingerprint density at radius 3 is 2.68 bits per heavy atom. The monoisotopic (exact) mass is 431 g/mol. The molecule has 0 radical (unpaired) electrons. The van der Waals surface area contributed by atoms with E-state index in [4.69, 9.17) is 9.47 Å². The van der Waals surface area contributed by atoms with Crippen LogP contribution in [0, 0.1) is 17.5 Å². The maximum atomic E-state index is 13.6. The largest absolute Gasteiger partial charge is 0.493 e. The fraction of sp³-hybridized carbons (Fsp3) is 0.348. The lowest BCUT2D eigenvalue weighted by Crippen LogP contribution is -2.26. The average molecular weight is 431 g/mol. The van der Waals surface area contributed by atoms with E-state index in [0.29, 0.717) is 31.3 Å². The topological polar surface area (TPSA) is 50.4 Å². The molecule has 4 rings (SSSR count). The van der Waals surface area contributed by atoms with Crippen molar-refractivity contribution in [2.24, 2.45) is 0 Å². The van der Waals surface area contributed by atoms with Crippen LogP contribution in [0.15, 0.2) is 48.5 Å². The molecule has 1 saturated heterocycles. The van der Waals surface area contributed by atoms with E-state index in [-0.39, 0.29) is 11.6 Å². The van der Waals surface area contributed by atoms with Gasteiger partial charge in [-0.15, -0.1) is 0 Å². The molecule has 164 valence electrons. The molecule has 0 amide bonds. The summed E-state index contributed by atoms with van der Waals surface area (Å²) in [6.45, 7) is 3.30. The summed E-state index contributed by atoms with van der Waals surface area (Å²) in [4.78, 5) is 2.28. The van der Waals surface area contributed by atoms with Gasteiger partial charge in [-0.1, -0.05) is 12.1 Å². The van der Waals surface area contributed by atoms with Gasteiger partial charge in [-0.05, 0) is 43.3 Å². The van der Waals surface area contributed by atoms with Crippen molar-refractivity contribution in [3.05, 3.63) is 77.4 Å². The van der Waals surface area contributed by atoms with Gasteiger partial charge in [0.2, 0.25) is 0 Å². The second-order valence-corrected chi connectivity index (χ2v) is 7.56. The minimum absolute atomic E-state index is 0.279. The molecular formula is C23H24F3N3O2. The van der Waals surface area contributed by atoms with Crippen molar-refractivity contribution in [2.75, 3.05) is 32.8 Å². The van der Waals surface area contributed by atoms with Gasteiger partial charge < -0.3 is 9.47 Å². The molecule has 2 heterocycles. The highest BCUT2D eigenvalue weighted by atomic mass is 19.2. The van der Waals surface area contributed by atoms with Crippen LogP contribution in [0.25, 0.3) is 0 Å². The molecule has 1 atom stereocenters. The summed E-state index contributed by atoms with van der Waals surface area (Å²) in [5.74, 6) is -1.27. The van der Waals surface area contributed by atoms with E-state index in [2.05, 4.69) is 15.1 Å². The van der Waals surface area contributed by atoms with Crippen LogP contribution in [-0.4, -0.2) is 47.9 Å². The Morgan fingerprint density at radius 1 is 0.968 bits per heavy atom. The second kappa shape index (κ2) is 9.87. The van der Waals surface area contributed by atoms with Crippen LogP contribution < -0.4 is 9.47 Å². The number of aromatic amines is 1. The van der Waals surface area contributed by atoms with Gasteiger partial charge in [-0.3, -0.25) is 10.00 Å². The number of ether oxygens (including phenoxy) is 2. The molecule has 0 bridgehead atoms. The minimum atomic E-state index is -0.925. The first-order valence-electron chi connectivity index (χ1n) is 10.3. The van der Waals surface area contributed by atoms with Crippen molar-refractivity contribution < 1.29 is 22.6 Å². The lowest BCUT2D eigenvalue weighted by Gasteiger charge is -2.16. The van der Waals surface area contributed by atoms with E-state index >= 15 is 0 Å². The van der Waals surface area contributed by atoms with Gasteiger partial charge in [-0.2, -0.15) is 5.10 Å². The third-order valence-corrected chi connectivity index (χ3v) is 5.37. The number of rotatable bonds is 9. The number of benzene rings is 2. The highest BCUT2D eigenvalue weighted by molar-refractivity contribution is 5.24. The maximum Gasteiger partial charge on any atom is 0.165 e. The van der Waals surface area contributed by atoms with E-state index in [9.17, 15) is 13.2 Å². The first kappa shape index (κ1) is 21.2. The fourth-order valence-electron chi connectivity index (χ4n) is 3.69. The Balaban J connectivity index is 1.20. The van der Waals surface area contributed by atoms with Crippen LogP contribution in [0.1, 0.15) is 23.7 Å². The van der Waals surface area contributed by atoms with E-state index < -0.39 is 11.6 Å². The van der Waals surface area contributed by atoms with Crippen molar-refractivity contribution in [3.63, 3.8) is 0 Å². The van der Waals surface area contributed by atoms with Gasteiger partial charge in [0.25, 0.3) is 0 Å². The molecule has 0 unspecified atom stereocenters. The summed E-state index contributed by atoms with van der Waals surface area (Å²) in [6.07, 6.45) is 1.58. The SMILES string of the molecule is Fc1ccc(OCCc2cc([C@H]3CCN(CCOc4ccccc4F)C3)n[nH]2)cc1F. The zero-order chi connectivity index (χ0) is 21.6. The summed E-state index contributed by atoms with van der Waals surface area (Å²) < 4.78 is 50.8. The highest BCUT2D eigenvalue weighted by Crippen LogP contribution is 2.26. The molecular weight excluding hydrogens is 407 g/mol. The van der Waals surface area contributed by atoms with Crippen LogP contribution in [-0.2, 0) is 6.42 Å². The first-order chi connectivity index (χ1) is 15.1. The molecule has 0 spiro atoms. The summed E-state index contributed by atoms with van der Waals surface area (Å²) in [6, 6.07) is 11.9. The highest BCUT2D eigenvalue weighted by Gasteiger charge is 2.25. The van der Waals surface area contributed by atoms with Crippen molar-refractivity contribution in [1.29, 1.82) is 0 Å². The van der Waals surface area contributed by atoms with Gasteiger partial charge >= 0.3 is 0 Å². The number of H-pyrrole nitrogens is 1. The number of nitrogens with one attached hydrogen (secondary N) is 1. The molecule has 0 aliphatic carbocycles. The third kappa shape index (κ3) is 5.58. The average Bonchev–Trinajstić information content (AvgIpc) is 3.42.